The number of Topliss-reactive ketones (excluding diaryl/α,β-unsaturated/α-hetero) is 1. The number of benzene rings is 2. The summed E-state index contributed by atoms with van der Waals surface area (Å²) < 4.78 is 26.8. The minimum Gasteiger partial charge on any atom is -0.323 e. The summed E-state index contributed by atoms with van der Waals surface area (Å²) in [6, 6.07) is 16.0. The van der Waals surface area contributed by atoms with Crippen LogP contribution >= 0.6 is 0 Å². The van der Waals surface area contributed by atoms with E-state index < -0.39 is 10.0 Å². The van der Waals surface area contributed by atoms with E-state index in [1.165, 1.54) is 0 Å². The fourth-order valence-corrected chi connectivity index (χ4v) is 4.18. The van der Waals surface area contributed by atoms with Gasteiger partial charge in [-0.3, -0.25) is 4.79 Å². The first kappa shape index (κ1) is 18.1. The van der Waals surface area contributed by atoms with Crippen LogP contribution in [-0.2, 0) is 10.0 Å². The van der Waals surface area contributed by atoms with Gasteiger partial charge in [0.1, 0.15) is 6.54 Å². The van der Waals surface area contributed by atoms with Gasteiger partial charge in [-0.25, -0.2) is 17.7 Å². The van der Waals surface area contributed by atoms with Crippen molar-refractivity contribution in [1.29, 1.82) is 0 Å². The van der Waals surface area contributed by atoms with Crippen LogP contribution in [0.1, 0.15) is 30.1 Å². The van der Waals surface area contributed by atoms with E-state index in [9.17, 15) is 13.2 Å². The highest BCUT2D eigenvalue weighted by Gasteiger charge is 2.27. The van der Waals surface area contributed by atoms with Gasteiger partial charge >= 0.3 is 0 Å². The third-order valence-electron chi connectivity index (χ3n) is 4.09. The zero-order valence-corrected chi connectivity index (χ0v) is 15.4. The summed E-state index contributed by atoms with van der Waals surface area (Å²) in [4.78, 5) is 20.0. The highest BCUT2D eigenvalue weighted by molar-refractivity contribution is 7.92. The maximum Gasteiger partial charge on any atom is 0.237 e. The number of carbonyl (C=O) groups is 1. The molecular formula is C19H21N3O3S. The molecule has 7 heteroatoms. The van der Waals surface area contributed by atoms with Crippen LogP contribution in [0.2, 0.25) is 0 Å². The Hall–Kier alpha value is -2.67. The summed E-state index contributed by atoms with van der Waals surface area (Å²) in [5.41, 5.74) is 1.86. The monoisotopic (exact) mass is 371 g/mol. The van der Waals surface area contributed by atoms with Crippen molar-refractivity contribution in [3.63, 3.8) is 0 Å². The molecule has 0 bridgehead atoms. The number of nitrogens with zero attached hydrogens (tertiary/aromatic N) is 2. The lowest BCUT2D eigenvalue weighted by atomic mass is 10.1. The number of hydrogen-bond acceptors (Lipinski definition) is 4. The molecule has 3 rings (SSSR count). The number of anilines is 1. The first-order valence-electron chi connectivity index (χ1n) is 8.54. The van der Waals surface area contributed by atoms with Gasteiger partial charge in [0.05, 0.1) is 16.8 Å². The minimum absolute atomic E-state index is 0.0252. The van der Waals surface area contributed by atoms with Gasteiger partial charge in [0.25, 0.3) is 0 Å². The number of imidazole rings is 1. The molecule has 26 heavy (non-hydrogen) atoms. The quantitative estimate of drug-likeness (QED) is 0.615. The van der Waals surface area contributed by atoms with Crippen LogP contribution < -0.4 is 4.31 Å². The molecule has 0 spiro atoms. The van der Waals surface area contributed by atoms with Crippen LogP contribution in [0.4, 0.5) is 5.95 Å². The Kier molecular flexibility index (Phi) is 5.37. The van der Waals surface area contributed by atoms with Crippen LogP contribution in [-0.4, -0.2) is 36.5 Å². The van der Waals surface area contributed by atoms with Gasteiger partial charge in [-0.05, 0) is 18.6 Å². The molecule has 0 saturated heterocycles. The van der Waals surface area contributed by atoms with Crippen LogP contribution in [0, 0.1) is 0 Å². The van der Waals surface area contributed by atoms with Crippen molar-refractivity contribution in [2.75, 3.05) is 16.6 Å². The smallest absolute Gasteiger partial charge is 0.237 e. The van der Waals surface area contributed by atoms with Crippen molar-refractivity contribution < 1.29 is 13.2 Å². The van der Waals surface area contributed by atoms with Crippen molar-refractivity contribution in [1.82, 2.24) is 9.97 Å². The zero-order valence-electron chi connectivity index (χ0n) is 14.6. The molecule has 0 atom stereocenters. The fraction of sp³-hybridized carbons (Fsp3) is 0.263. The Morgan fingerprint density at radius 1 is 1.08 bits per heavy atom. The highest BCUT2D eigenvalue weighted by Crippen LogP contribution is 2.21. The van der Waals surface area contributed by atoms with Crippen molar-refractivity contribution >= 4 is 32.8 Å². The molecule has 0 aliphatic rings. The number of nitrogens with one attached hydrogen (secondary N) is 1. The lowest BCUT2D eigenvalue weighted by Crippen LogP contribution is -2.38. The second-order valence-electron chi connectivity index (χ2n) is 6.04. The molecule has 0 radical (unpaired) electrons. The summed E-state index contributed by atoms with van der Waals surface area (Å²) >= 11 is 0. The topological polar surface area (TPSA) is 83.1 Å². The second-order valence-corrected chi connectivity index (χ2v) is 8.06. The van der Waals surface area contributed by atoms with Gasteiger partial charge in [-0.15, -0.1) is 0 Å². The summed E-state index contributed by atoms with van der Waals surface area (Å²) in [6.07, 6.45) is 1.28. The first-order chi connectivity index (χ1) is 12.5. The largest absolute Gasteiger partial charge is 0.323 e. The normalized spacial score (nSPS) is 11.6. The van der Waals surface area contributed by atoms with Gasteiger partial charge in [-0.2, -0.15) is 0 Å². The van der Waals surface area contributed by atoms with E-state index in [4.69, 9.17) is 0 Å². The molecule has 1 N–H and O–H groups in total. The van der Waals surface area contributed by atoms with E-state index in [-0.39, 0.29) is 24.0 Å². The van der Waals surface area contributed by atoms with Gasteiger partial charge < -0.3 is 4.98 Å². The van der Waals surface area contributed by atoms with Crippen molar-refractivity contribution in [2.24, 2.45) is 0 Å². The maximum absolute atomic E-state index is 12.8. The van der Waals surface area contributed by atoms with Gasteiger partial charge in [0, 0.05) is 5.56 Å². The number of aromatic amines is 1. The molecule has 0 fully saturated rings. The first-order valence-corrected chi connectivity index (χ1v) is 10.2. The number of H-pyrrole nitrogens is 1. The van der Waals surface area contributed by atoms with E-state index in [2.05, 4.69) is 9.97 Å². The average molecular weight is 371 g/mol. The zero-order chi connectivity index (χ0) is 18.6. The number of aromatic nitrogens is 2. The number of ketones is 1. The lowest BCUT2D eigenvalue weighted by Gasteiger charge is -2.21. The molecule has 0 aliphatic carbocycles. The Morgan fingerprint density at radius 2 is 1.77 bits per heavy atom. The van der Waals surface area contributed by atoms with E-state index >= 15 is 0 Å². The van der Waals surface area contributed by atoms with E-state index in [1.807, 2.05) is 31.2 Å². The van der Waals surface area contributed by atoms with Gasteiger partial charge in [0.2, 0.25) is 16.0 Å². The number of para-hydroxylation sites is 2. The van der Waals surface area contributed by atoms with Crippen LogP contribution in [0.15, 0.2) is 54.6 Å². The predicted octanol–water partition coefficient (Wildman–Crippen LogP) is 3.38. The number of hydrogen-bond donors (Lipinski definition) is 1. The maximum atomic E-state index is 12.8. The molecular weight excluding hydrogens is 350 g/mol. The van der Waals surface area contributed by atoms with Gasteiger partial charge in [-0.1, -0.05) is 55.8 Å². The fourth-order valence-electron chi connectivity index (χ4n) is 2.65. The number of rotatable bonds is 8. The van der Waals surface area contributed by atoms with E-state index in [0.29, 0.717) is 17.5 Å². The summed E-state index contributed by atoms with van der Waals surface area (Å²) in [5.74, 6) is -0.125. The molecule has 6 nitrogen and oxygen atoms in total. The predicted molar refractivity (Wildman–Crippen MR) is 103 cm³/mol. The molecule has 2 aromatic carbocycles. The molecule has 0 aliphatic heterocycles. The number of carbonyl (C=O) groups excluding carboxylic acids is 1. The van der Waals surface area contributed by atoms with Crippen molar-refractivity contribution in [3.05, 3.63) is 60.2 Å². The standard InChI is InChI=1S/C19H21N3O3S/c1-2-3-13-26(24,25)22(14-18(23)15-9-5-4-6-10-15)19-20-16-11-7-8-12-17(16)21-19/h4-12H,2-3,13-14H2,1H3,(H,20,21). The molecule has 1 aromatic heterocycles. The van der Waals surface area contributed by atoms with E-state index in [0.717, 1.165) is 16.2 Å². The molecule has 1 heterocycles. The summed E-state index contributed by atoms with van der Waals surface area (Å²) in [7, 11) is -3.67. The number of fused-ring (bicyclic) bond motifs is 1. The Morgan fingerprint density at radius 3 is 2.46 bits per heavy atom. The lowest BCUT2D eigenvalue weighted by molar-refractivity contribution is 0.100. The van der Waals surface area contributed by atoms with E-state index in [1.54, 1.807) is 30.3 Å². The molecule has 0 amide bonds. The molecule has 3 aromatic rings. The van der Waals surface area contributed by atoms with Crippen LogP contribution in [0.25, 0.3) is 11.0 Å². The summed E-state index contributed by atoms with van der Waals surface area (Å²) in [6.45, 7) is 1.64. The van der Waals surface area contributed by atoms with Crippen molar-refractivity contribution in [3.8, 4) is 0 Å². The average Bonchev–Trinajstić information content (AvgIpc) is 3.08. The molecule has 136 valence electrons. The second kappa shape index (κ2) is 7.70. The Labute approximate surface area is 152 Å². The molecule has 0 saturated carbocycles. The Balaban J connectivity index is 1.97. The minimum atomic E-state index is -3.67. The highest BCUT2D eigenvalue weighted by atomic mass is 32.2. The number of sulfonamides is 1. The SMILES string of the molecule is CCCCS(=O)(=O)N(CC(=O)c1ccccc1)c1nc2ccccc2[nH]1. The van der Waals surface area contributed by atoms with Crippen LogP contribution in [0.3, 0.4) is 0 Å². The third kappa shape index (κ3) is 3.94. The summed E-state index contributed by atoms with van der Waals surface area (Å²) in [5, 5.41) is 0. The van der Waals surface area contributed by atoms with Gasteiger partial charge in [0.15, 0.2) is 5.78 Å². The van der Waals surface area contributed by atoms with Crippen LogP contribution in [0.5, 0.6) is 0 Å². The number of unbranched alkanes of at least 4 members (excludes halogenated alkanes) is 1. The van der Waals surface area contributed by atoms with Crippen molar-refractivity contribution in [2.45, 2.75) is 19.8 Å². The molecule has 0 unspecified atom stereocenters. The Bertz CT molecular complexity index is 964. The third-order valence-corrected chi connectivity index (χ3v) is 5.87.